The molecule has 2 fully saturated rings. The number of benzene rings is 2. The average Bonchev–Trinajstić information content (AvgIpc) is 3.25. The highest BCUT2D eigenvalue weighted by atomic mass is 32.2. The van der Waals surface area contributed by atoms with Gasteiger partial charge in [-0.25, -0.2) is 14.6 Å². The van der Waals surface area contributed by atoms with E-state index in [-0.39, 0.29) is 11.6 Å². The number of nitrogens with one attached hydrogen (secondary N) is 4. The van der Waals surface area contributed by atoms with Crippen LogP contribution >= 0.6 is 11.8 Å². The average molecular weight is 608 g/mol. The third kappa shape index (κ3) is 5.51. The SMILES string of the molecule is CO[C@@]1(NC(=O)C(NC(=O)Nc2cnc(Nc3ccccc3)nc2O)c2ccccc2)C(=O)N2[C@@H](C(=O)O)C(C)(C)S[C@@H]21. The second-order valence-corrected chi connectivity index (χ2v) is 12.1. The smallest absolute Gasteiger partial charge is 0.327 e. The molecule has 3 aromatic rings. The van der Waals surface area contributed by atoms with Crippen molar-refractivity contribution in [2.24, 2.45) is 0 Å². The van der Waals surface area contributed by atoms with Crippen molar-refractivity contribution in [2.45, 2.75) is 41.8 Å². The van der Waals surface area contributed by atoms with Gasteiger partial charge < -0.3 is 41.1 Å². The number of amides is 4. The minimum atomic E-state index is -1.85. The number of carboxylic acid groups (broad SMARTS) is 1. The molecule has 2 saturated heterocycles. The third-order valence-corrected chi connectivity index (χ3v) is 8.70. The molecule has 224 valence electrons. The van der Waals surface area contributed by atoms with Crippen LogP contribution in [0.5, 0.6) is 5.88 Å². The zero-order valence-corrected chi connectivity index (χ0v) is 24.1. The van der Waals surface area contributed by atoms with Crippen LogP contribution in [0, 0.1) is 0 Å². The Bertz CT molecular complexity index is 1560. The van der Waals surface area contributed by atoms with Crippen molar-refractivity contribution in [1.82, 2.24) is 25.5 Å². The summed E-state index contributed by atoms with van der Waals surface area (Å²) < 4.78 is 4.67. The lowest BCUT2D eigenvalue weighted by atomic mass is 9.93. The number of aliphatic carboxylic acids is 1. The van der Waals surface area contributed by atoms with E-state index in [9.17, 15) is 29.4 Å². The van der Waals surface area contributed by atoms with Crippen LogP contribution in [0.1, 0.15) is 25.5 Å². The molecule has 0 aliphatic carbocycles. The van der Waals surface area contributed by atoms with Crippen molar-refractivity contribution in [3.8, 4) is 5.88 Å². The topological polar surface area (TPSA) is 195 Å². The summed E-state index contributed by atoms with van der Waals surface area (Å²) in [6.45, 7) is 3.40. The molecule has 0 bridgehead atoms. The van der Waals surface area contributed by atoms with Crippen molar-refractivity contribution < 1.29 is 34.1 Å². The van der Waals surface area contributed by atoms with Crippen LogP contribution in [0.15, 0.2) is 66.9 Å². The highest BCUT2D eigenvalue weighted by Crippen LogP contribution is 2.55. The van der Waals surface area contributed by atoms with E-state index in [0.29, 0.717) is 11.3 Å². The molecular formula is C28H29N7O7S. The molecule has 6 N–H and O–H groups in total. The lowest BCUT2D eigenvalue weighted by Crippen LogP contribution is -2.80. The fourth-order valence-electron chi connectivity index (χ4n) is 5.05. The number of hydrogen-bond acceptors (Lipinski definition) is 10. The Kier molecular flexibility index (Phi) is 7.86. The van der Waals surface area contributed by atoms with E-state index in [1.807, 2.05) is 18.2 Å². The Morgan fingerprint density at radius 1 is 1.07 bits per heavy atom. The van der Waals surface area contributed by atoms with Crippen molar-refractivity contribution in [3.63, 3.8) is 0 Å². The molecule has 5 rings (SSSR count). The van der Waals surface area contributed by atoms with E-state index in [4.69, 9.17) is 4.74 Å². The number of carbonyl (C=O) groups is 4. The fourth-order valence-corrected chi connectivity index (χ4v) is 6.72. The normalized spacial score (nSPS) is 22.5. The summed E-state index contributed by atoms with van der Waals surface area (Å²) in [5, 5.41) is 29.9. The van der Waals surface area contributed by atoms with Gasteiger partial charge in [-0.1, -0.05) is 48.5 Å². The van der Waals surface area contributed by atoms with Crippen LogP contribution in [0.2, 0.25) is 0 Å². The number of anilines is 3. The molecule has 2 aliphatic heterocycles. The summed E-state index contributed by atoms with van der Waals surface area (Å²) in [6, 6.07) is 14.0. The lowest BCUT2D eigenvalue weighted by molar-refractivity contribution is -0.201. The van der Waals surface area contributed by atoms with Crippen LogP contribution < -0.4 is 21.3 Å². The number of aromatic hydroxyl groups is 1. The Morgan fingerprint density at radius 2 is 1.72 bits per heavy atom. The summed E-state index contributed by atoms with van der Waals surface area (Å²) in [5.74, 6) is -3.08. The number of aromatic nitrogens is 2. The van der Waals surface area contributed by atoms with Crippen molar-refractivity contribution in [1.29, 1.82) is 0 Å². The van der Waals surface area contributed by atoms with Crippen LogP contribution in [-0.4, -0.2) is 77.9 Å². The number of ether oxygens (including phenoxy) is 1. The summed E-state index contributed by atoms with van der Waals surface area (Å²) in [6.07, 6.45) is 1.20. The first-order valence-corrected chi connectivity index (χ1v) is 14.0. The molecular weight excluding hydrogens is 578 g/mol. The van der Waals surface area contributed by atoms with Crippen molar-refractivity contribution in [3.05, 3.63) is 72.4 Å². The van der Waals surface area contributed by atoms with E-state index >= 15 is 0 Å². The Labute approximate surface area is 250 Å². The summed E-state index contributed by atoms with van der Waals surface area (Å²) >= 11 is 1.20. The molecule has 14 nitrogen and oxygen atoms in total. The second kappa shape index (κ2) is 11.4. The Balaban J connectivity index is 1.32. The van der Waals surface area contributed by atoms with Crippen LogP contribution in [0.4, 0.5) is 22.1 Å². The number of thioether (sulfide) groups is 1. The van der Waals surface area contributed by atoms with E-state index in [1.54, 1.807) is 56.3 Å². The highest BCUT2D eigenvalue weighted by molar-refractivity contribution is 8.01. The van der Waals surface area contributed by atoms with E-state index < -0.39 is 57.6 Å². The molecule has 0 spiro atoms. The molecule has 2 aromatic carbocycles. The van der Waals surface area contributed by atoms with Gasteiger partial charge in [-0.15, -0.1) is 11.8 Å². The number of hydrogen-bond donors (Lipinski definition) is 6. The maximum atomic E-state index is 13.7. The Hall–Kier alpha value is -4.89. The number of carbonyl (C=O) groups excluding carboxylic acids is 3. The molecule has 0 radical (unpaired) electrons. The van der Waals surface area contributed by atoms with E-state index in [1.165, 1.54) is 30.0 Å². The standard InChI is InChI=1S/C28H29N7O7S/c1-27(2)19(22(38)39)35-23(40)28(42-3,24(35)43-27)34-21(37)18(15-10-6-4-7-11-15)32-26(41)31-17-14-29-25(33-20(17)36)30-16-12-8-5-9-13-16/h4-14,18-19,24H,1-3H3,(H,34,37)(H,38,39)(H2,31,32,41)(H2,29,30,33,36)/t18?,19-,24+,28-/m0/s1. The third-order valence-electron chi connectivity index (χ3n) is 7.09. The monoisotopic (exact) mass is 607 g/mol. The van der Waals surface area contributed by atoms with E-state index in [0.717, 1.165) is 0 Å². The molecule has 15 heteroatoms. The summed E-state index contributed by atoms with van der Waals surface area (Å²) in [4.78, 5) is 61.2. The number of fused-ring (bicyclic) bond motifs is 1. The minimum Gasteiger partial charge on any atom is -0.492 e. The highest BCUT2D eigenvalue weighted by Gasteiger charge is 2.73. The molecule has 1 aromatic heterocycles. The molecule has 43 heavy (non-hydrogen) atoms. The zero-order chi connectivity index (χ0) is 30.9. The van der Waals surface area contributed by atoms with Crippen LogP contribution in [0.25, 0.3) is 0 Å². The maximum absolute atomic E-state index is 13.7. The largest absolute Gasteiger partial charge is 0.492 e. The number of para-hydroxylation sites is 1. The van der Waals surface area contributed by atoms with Gasteiger partial charge in [-0.2, -0.15) is 4.98 Å². The van der Waals surface area contributed by atoms with E-state index in [2.05, 4.69) is 31.2 Å². The molecule has 0 saturated carbocycles. The van der Waals surface area contributed by atoms with Crippen molar-refractivity contribution >= 4 is 52.9 Å². The van der Waals surface area contributed by atoms with Gasteiger partial charge in [-0.3, -0.25) is 9.59 Å². The van der Waals surface area contributed by atoms with Crippen molar-refractivity contribution in [2.75, 3.05) is 17.7 Å². The maximum Gasteiger partial charge on any atom is 0.327 e. The zero-order valence-electron chi connectivity index (χ0n) is 23.3. The number of methoxy groups -OCH3 is 1. The van der Waals surface area contributed by atoms with Crippen LogP contribution in [-0.2, 0) is 19.1 Å². The molecule has 4 atom stereocenters. The first kappa shape index (κ1) is 29.6. The van der Waals surface area contributed by atoms with Gasteiger partial charge in [0.2, 0.25) is 17.7 Å². The molecule has 1 unspecified atom stereocenters. The van der Waals surface area contributed by atoms with Gasteiger partial charge in [0.05, 0.1) is 6.20 Å². The molecule has 3 heterocycles. The number of urea groups is 1. The molecule has 2 aliphatic rings. The van der Waals surface area contributed by atoms with Gasteiger partial charge in [0, 0.05) is 17.5 Å². The lowest BCUT2D eigenvalue weighted by Gasteiger charge is -2.51. The Morgan fingerprint density at radius 3 is 2.33 bits per heavy atom. The summed E-state index contributed by atoms with van der Waals surface area (Å²) in [7, 11) is 1.24. The van der Waals surface area contributed by atoms with Gasteiger partial charge in [0.25, 0.3) is 11.6 Å². The van der Waals surface area contributed by atoms with Gasteiger partial charge in [-0.05, 0) is 31.5 Å². The number of nitrogens with zero attached hydrogens (tertiary/aromatic N) is 3. The quantitative estimate of drug-likeness (QED) is 0.154. The predicted molar refractivity (Wildman–Crippen MR) is 156 cm³/mol. The second-order valence-electron chi connectivity index (χ2n) is 10.3. The van der Waals surface area contributed by atoms with Crippen LogP contribution in [0.3, 0.4) is 0 Å². The fraction of sp³-hybridized carbons (Fsp3) is 0.286. The summed E-state index contributed by atoms with van der Waals surface area (Å²) in [5.41, 5.74) is -0.888. The van der Waals surface area contributed by atoms with Gasteiger partial charge >= 0.3 is 12.0 Å². The van der Waals surface area contributed by atoms with Gasteiger partial charge in [0.1, 0.15) is 23.1 Å². The molecule has 4 amide bonds. The minimum absolute atomic E-state index is 0.0957. The number of carboxylic acids is 1. The first-order chi connectivity index (χ1) is 20.5. The number of rotatable bonds is 9. The van der Waals surface area contributed by atoms with Gasteiger partial charge in [0.15, 0.2) is 0 Å². The predicted octanol–water partition coefficient (Wildman–Crippen LogP) is 2.39. The number of β-lactam (4-membered cyclic amide) rings is 1. The first-order valence-electron chi connectivity index (χ1n) is 13.1.